The van der Waals surface area contributed by atoms with Gasteiger partial charge in [-0.25, -0.2) is 17.9 Å². The zero-order valence-corrected chi connectivity index (χ0v) is 13.0. The number of allylic oxidation sites excluding steroid dienone is 1. The first-order valence-corrected chi connectivity index (χ1v) is 7.94. The highest BCUT2D eigenvalue weighted by Crippen LogP contribution is 2.06. The van der Waals surface area contributed by atoms with Crippen LogP contribution in [0.4, 0.5) is 4.79 Å². The summed E-state index contributed by atoms with van der Waals surface area (Å²) >= 11 is 0. The lowest BCUT2D eigenvalue weighted by Gasteiger charge is -2.20. The molecule has 0 aromatic heterocycles. The van der Waals surface area contributed by atoms with Crippen LogP contribution in [0.2, 0.25) is 0 Å². The highest BCUT2D eigenvalue weighted by atomic mass is 32.2. The van der Waals surface area contributed by atoms with Gasteiger partial charge in [-0.05, 0) is 27.2 Å². The fraction of sp³-hybridized carbons (Fsp3) is 0.750. The topological polar surface area (TPSA) is 105 Å². The Kier molecular flexibility index (Phi) is 7.77. The van der Waals surface area contributed by atoms with E-state index in [-0.39, 0.29) is 18.8 Å². The molecule has 0 saturated carbocycles. The monoisotopic (exact) mass is 308 g/mol. The molecule has 1 amide bonds. The van der Waals surface area contributed by atoms with Crippen molar-refractivity contribution in [3.8, 4) is 0 Å². The van der Waals surface area contributed by atoms with Gasteiger partial charge in [0.2, 0.25) is 10.0 Å². The Morgan fingerprint density at radius 3 is 2.50 bits per heavy atom. The fourth-order valence-corrected chi connectivity index (χ4v) is 2.19. The first-order valence-electron chi connectivity index (χ1n) is 6.29. The third-order valence-corrected chi connectivity index (χ3v) is 3.39. The summed E-state index contributed by atoms with van der Waals surface area (Å²) in [5.41, 5.74) is -0.624. The average molecular weight is 308 g/mol. The summed E-state index contributed by atoms with van der Waals surface area (Å²) in [6, 6.07) is 0. The second-order valence-corrected chi connectivity index (χ2v) is 7.21. The molecular formula is C12H24N2O5S. The molecule has 0 aliphatic rings. The van der Waals surface area contributed by atoms with Crippen LogP contribution in [0, 0.1) is 0 Å². The Balaban J connectivity index is 3.98. The molecule has 0 aliphatic carbocycles. The highest BCUT2D eigenvalue weighted by Gasteiger charge is 2.17. The summed E-state index contributed by atoms with van der Waals surface area (Å²) in [7, 11) is -3.43. The lowest BCUT2D eigenvalue weighted by atomic mass is 10.2. The van der Waals surface area contributed by atoms with Crippen molar-refractivity contribution < 1.29 is 23.1 Å². The quantitative estimate of drug-likeness (QED) is 0.562. The van der Waals surface area contributed by atoms with Gasteiger partial charge in [-0.2, -0.15) is 0 Å². The van der Waals surface area contributed by atoms with Gasteiger partial charge in [-0.3, -0.25) is 0 Å². The average Bonchev–Trinajstić information content (AvgIpc) is 2.29. The molecule has 118 valence electrons. The van der Waals surface area contributed by atoms with Gasteiger partial charge >= 0.3 is 6.09 Å². The van der Waals surface area contributed by atoms with Crippen LogP contribution in [0.25, 0.3) is 0 Å². The van der Waals surface area contributed by atoms with Crippen LogP contribution in [0.15, 0.2) is 12.7 Å². The number of amides is 1. The molecule has 0 rings (SSSR count). The van der Waals surface area contributed by atoms with E-state index in [0.717, 1.165) is 0 Å². The lowest BCUT2D eigenvalue weighted by molar-refractivity contribution is 0.0494. The van der Waals surface area contributed by atoms with Crippen LogP contribution in [0.1, 0.15) is 27.2 Å². The summed E-state index contributed by atoms with van der Waals surface area (Å²) in [6.07, 6.45) is 0.147. The molecule has 3 N–H and O–H groups in total. The second kappa shape index (κ2) is 8.23. The predicted molar refractivity (Wildman–Crippen MR) is 76.8 cm³/mol. The Morgan fingerprint density at radius 1 is 1.40 bits per heavy atom. The Bertz CT molecular complexity index is 414. The smallest absolute Gasteiger partial charge is 0.407 e. The van der Waals surface area contributed by atoms with E-state index in [0.29, 0.717) is 6.42 Å². The van der Waals surface area contributed by atoms with Crippen LogP contribution < -0.4 is 10.0 Å². The molecule has 0 spiro atoms. The molecule has 0 fully saturated rings. The number of sulfonamides is 1. The van der Waals surface area contributed by atoms with Crippen molar-refractivity contribution in [2.75, 3.05) is 18.8 Å². The van der Waals surface area contributed by atoms with Gasteiger partial charge < -0.3 is 15.2 Å². The number of hydrogen-bond donors (Lipinski definition) is 3. The molecule has 7 nitrogen and oxygen atoms in total. The minimum atomic E-state index is -3.43. The summed E-state index contributed by atoms with van der Waals surface area (Å²) in [5, 5.41) is 11.9. The minimum absolute atomic E-state index is 0.0806. The van der Waals surface area contributed by atoms with Gasteiger partial charge in [0.25, 0.3) is 0 Å². The van der Waals surface area contributed by atoms with Gasteiger partial charge in [0, 0.05) is 13.1 Å². The van der Waals surface area contributed by atoms with Crippen LogP contribution in [-0.2, 0) is 14.8 Å². The number of aliphatic hydroxyl groups is 1. The van der Waals surface area contributed by atoms with E-state index in [1.54, 1.807) is 20.8 Å². The van der Waals surface area contributed by atoms with Gasteiger partial charge in [0.1, 0.15) is 5.60 Å². The van der Waals surface area contributed by atoms with Crippen LogP contribution in [0.3, 0.4) is 0 Å². The second-order valence-electron chi connectivity index (χ2n) is 5.28. The molecule has 0 radical (unpaired) electrons. The standard InChI is InChI=1S/C12H24N2O5S/c1-5-6-7-20(17,18)14-9-10(15)8-13-11(16)19-12(2,3)4/h5,10,14-15H,1,6-9H2,2-4H3,(H,13,16). The minimum Gasteiger partial charge on any atom is -0.444 e. The largest absolute Gasteiger partial charge is 0.444 e. The summed E-state index contributed by atoms with van der Waals surface area (Å²) in [4.78, 5) is 11.3. The molecule has 1 atom stereocenters. The van der Waals surface area contributed by atoms with Crippen LogP contribution >= 0.6 is 0 Å². The molecule has 0 bridgehead atoms. The van der Waals surface area contributed by atoms with Crippen molar-refractivity contribution >= 4 is 16.1 Å². The Hall–Kier alpha value is -1.12. The molecule has 1 unspecified atom stereocenters. The molecule has 0 aromatic rings. The molecular weight excluding hydrogens is 284 g/mol. The van der Waals surface area contributed by atoms with E-state index >= 15 is 0 Å². The zero-order valence-electron chi connectivity index (χ0n) is 12.2. The molecule has 20 heavy (non-hydrogen) atoms. The Labute approximate surface area is 120 Å². The number of alkyl carbamates (subject to hydrolysis) is 1. The van der Waals surface area contributed by atoms with E-state index in [1.807, 2.05) is 0 Å². The summed E-state index contributed by atoms with van der Waals surface area (Å²) < 4.78 is 30.1. The molecule has 8 heteroatoms. The van der Waals surface area contributed by atoms with Gasteiger partial charge in [0.05, 0.1) is 11.9 Å². The maximum atomic E-state index is 11.4. The number of carbonyl (C=O) groups is 1. The molecule has 0 heterocycles. The van der Waals surface area contributed by atoms with E-state index < -0.39 is 27.8 Å². The third-order valence-electron chi connectivity index (χ3n) is 2.01. The maximum Gasteiger partial charge on any atom is 0.407 e. The number of nitrogens with one attached hydrogen (secondary N) is 2. The Morgan fingerprint density at radius 2 is 2.00 bits per heavy atom. The SMILES string of the molecule is C=CCCS(=O)(=O)NCC(O)CNC(=O)OC(C)(C)C. The van der Waals surface area contributed by atoms with E-state index in [4.69, 9.17) is 4.74 Å². The summed E-state index contributed by atoms with van der Waals surface area (Å²) in [5.74, 6) is -0.0806. The van der Waals surface area contributed by atoms with Crippen LogP contribution in [-0.4, -0.2) is 50.2 Å². The first kappa shape index (κ1) is 18.9. The number of rotatable bonds is 8. The van der Waals surface area contributed by atoms with E-state index in [1.165, 1.54) is 6.08 Å². The summed E-state index contributed by atoms with van der Waals surface area (Å²) in [6.45, 7) is 8.32. The number of carbonyl (C=O) groups excluding carboxylic acids is 1. The molecule has 0 aromatic carbocycles. The van der Waals surface area contributed by atoms with Crippen molar-refractivity contribution in [2.24, 2.45) is 0 Å². The highest BCUT2D eigenvalue weighted by molar-refractivity contribution is 7.89. The number of ether oxygens (including phenoxy) is 1. The van der Waals surface area contributed by atoms with Crippen molar-refractivity contribution in [3.63, 3.8) is 0 Å². The van der Waals surface area contributed by atoms with Crippen molar-refractivity contribution in [1.29, 1.82) is 0 Å². The van der Waals surface area contributed by atoms with Crippen molar-refractivity contribution in [1.82, 2.24) is 10.0 Å². The number of hydrogen-bond acceptors (Lipinski definition) is 5. The van der Waals surface area contributed by atoms with E-state index in [9.17, 15) is 18.3 Å². The van der Waals surface area contributed by atoms with Crippen molar-refractivity contribution in [2.45, 2.75) is 38.9 Å². The number of aliphatic hydroxyl groups excluding tert-OH is 1. The maximum absolute atomic E-state index is 11.4. The predicted octanol–water partition coefficient (Wildman–Crippen LogP) is 0.367. The van der Waals surface area contributed by atoms with Crippen molar-refractivity contribution in [3.05, 3.63) is 12.7 Å². The fourth-order valence-electron chi connectivity index (χ4n) is 1.12. The first-order chi connectivity index (χ1) is 9.06. The zero-order chi connectivity index (χ0) is 15.8. The molecule has 0 saturated heterocycles. The van der Waals surface area contributed by atoms with E-state index in [2.05, 4.69) is 16.6 Å². The molecule has 0 aliphatic heterocycles. The van der Waals surface area contributed by atoms with Gasteiger partial charge in [-0.15, -0.1) is 6.58 Å². The lowest BCUT2D eigenvalue weighted by Crippen LogP contribution is -2.42. The third kappa shape index (κ3) is 10.8. The normalized spacial score (nSPS) is 13.6. The van der Waals surface area contributed by atoms with Gasteiger partial charge in [-0.1, -0.05) is 6.08 Å². The van der Waals surface area contributed by atoms with Crippen LogP contribution in [0.5, 0.6) is 0 Å². The van der Waals surface area contributed by atoms with Gasteiger partial charge in [0.15, 0.2) is 0 Å².